The third-order valence-corrected chi connectivity index (χ3v) is 6.37. The lowest BCUT2D eigenvalue weighted by Crippen LogP contribution is -2.32. The summed E-state index contributed by atoms with van der Waals surface area (Å²) < 4.78 is 55.5. The maximum absolute atomic E-state index is 12.9. The summed E-state index contributed by atoms with van der Waals surface area (Å²) in [4.78, 5) is 10.6. The summed E-state index contributed by atoms with van der Waals surface area (Å²) in [6.07, 6.45) is 1.93. The van der Waals surface area contributed by atoms with Crippen molar-refractivity contribution in [1.82, 2.24) is 9.88 Å². The number of hydrogen-bond donors (Lipinski definition) is 2. The van der Waals surface area contributed by atoms with Crippen molar-refractivity contribution in [1.29, 1.82) is 5.41 Å². The quantitative estimate of drug-likeness (QED) is 0.400. The Hall–Kier alpha value is -2.23. The van der Waals surface area contributed by atoms with E-state index in [9.17, 15) is 17.6 Å². The van der Waals surface area contributed by atoms with E-state index < -0.39 is 13.0 Å². The molecule has 2 fully saturated rings. The van der Waals surface area contributed by atoms with E-state index in [1.165, 1.54) is 12.3 Å². The van der Waals surface area contributed by atoms with E-state index in [0.717, 1.165) is 25.0 Å². The third kappa shape index (κ3) is 6.17. The van der Waals surface area contributed by atoms with Crippen LogP contribution in [0.25, 0.3) is 0 Å². The number of nitrogens with one attached hydrogen (secondary N) is 1. The normalized spacial score (nSPS) is 24.9. The number of aliphatic imine (C=N–C) groups is 1. The molecule has 4 unspecified atom stereocenters. The average Bonchev–Trinajstić information content (AvgIpc) is 3.42. The van der Waals surface area contributed by atoms with Crippen LogP contribution in [0.2, 0.25) is 0 Å². The minimum Gasteiger partial charge on any atom is -0.431 e. The molecule has 1 aliphatic carbocycles. The molecule has 3 rings (SSSR count). The van der Waals surface area contributed by atoms with Crippen molar-refractivity contribution >= 4 is 17.2 Å². The molecule has 0 radical (unpaired) electrons. The highest BCUT2D eigenvalue weighted by Gasteiger charge is 2.53. The van der Waals surface area contributed by atoms with E-state index in [1.807, 2.05) is 18.7 Å². The summed E-state index contributed by atoms with van der Waals surface area (Å²) >= 11 is 0. The number of pyridine rings is 1. The fourth-order valence-electron chi connectivity index (χ4n) is 4.60. The first-order chi connectivity index (χ1) is 15.2. The predicted molar refractivity (Wildman–Crippen MR) is 116 cm³/mol. The van der Waals surface area contributed by atoms with Crippen molar-refractivity contribution in [2.24, 2.45) is 22.7 Å². The van der Waals surface area contributed by atoms with Gasteiger partial charge in [0.05, 0.1) is 6.54 Å². The van der Waals surface area contributed by atoms with Crippen LogP contribution in [0, 0.1) is 23.2 Å². The van der Waals surface area contributed by atoms with Crippen LogP contribution >= 0.6 is 0 Å². The fraction of sp³-hybridized carbons (Fsp3) is 0.682. The molecule has 1 aliphatic heterocycles. The molecule has 1 saturated carbocycles. The zero-order valence-electron chi connectivity index (χ0n) is 18.4. The van der Waals surface area contributed by atoms with Gasteiger partial charge in [-0.3, -0.25) is 9.89 Å². The lowest BCUT2D eigenvalue weighted by molar-refractivity contribution is -0.0495. The lowest BCUT2D eigenvalue weighted by Gasteiger charge is -2.21. The average molecular weight is 458 g/mol. The smallest absolute Gasteiger partial charge is 0.387 e. The molecule has 10 heteroatoms. The Bertz CT molecular complexity index is 835. The van der Waals surface area contributed by atoms with Crippen molar-refractivity contribution in [3.05, 3.63) is 17.8 Å². The molecule has 1 aromatic rings. The highest BCUT2D eigenvalue weighted by molar-refractivity contribution is 6.12. The zero-order chi connectivity index (χ0) is 23.4. The topological polar surface area (TPSA) is 87.6 Å². The molecule has 0 amide bonds. The molecule has 0 spiro atoms. The van der Waals surface area contributed by atoms with Crippen LogP contribution in [-0.2, 0) is 0 Å². The van der Waals surface area contributed by atoms with E-state index in [1.54, 1.807) is 0 Å². The Morgan fingerprint density at radius 1 is 1.34 bits per heavy atom. The van der Waals surface area contributed by atoms with E-state index in [-0.39, 0.29) is 48.1 Å². The molecular formula is C22H31F4N5O. The maximum atomic E-state index is 12.9. The molecule has 32 heavy (non-hydrogen) atoms. The first-order valence-electron chi connectivity index (χ1n) is 11.0. The number of halogens is 4. The first kappa shape index (κ1) is 24.4. The largest absolute Gasteiger partial charge is 0.431 e. The molecule has 1 aromatic heterocycles. The summed E-state index contributed by atoms with van der Waals surface area (Å²) in [7, 11) is 0. The van der Waals surface area contributed by atoms with Gasteiger partial charge in [-0.1, -0.05) is 6.92 Å². The predicted octanol–water partition coefficient (Wildman–Crippen LogP) is 4.49. The standard InChI is InChI=1S/C22H31F4N5O/c1-3-12(2)30-17(20-14-5-4-6-31(10-15(14)20)11-19(23)24)8-16(27)13-7-18(32-22(25)26)21(28)29-9-13/h7,9,12,14-15,19-20,22,27H,3-6,8,10-11H2,1-2H3,(H2,28,29). The Morgan fingerprint density at radius 2 is 2.09 bits per heavy atom. The van der Waals surface area contributed by atoms with Gasteiger partial charge in [0.15, 0.2) is 11.6 Å². The number of alkyl halides is 4. The van der Waals surface area contributed by atoms with Crippen molar-refractivity contribution in [3.63, 3.8) is 0 Å². The van der Waals surface area contributed by atoms with Gasteiger partial charge in [-0.05, 0) is 50.6 Å². The maximum Gasteiger partial charge on any atom is 0.387 e. The number of rotatable bonds is 10. The van der Waals surface area contributed by atoms with Gasteiger partial charge in [-0.2, -0.15) is 8.78 Å². The first-order valence-corrected chi connectivity index (χ1v) is 11.0. The number of nitrogens with two attached hydrogens (primary N) is 1. The Balaban J connectivity index is 1.76. The molecule has 2 aliphatic rings. The number of ether oxygens (including phenoxy) is 1. The third-order valence-electron chi connectivity index (χ3n) is 6.37. The molecule has 3 N–H and O–H groups in total. The molecule has 2 heterocycles. The van der Waals surface area contributed by atoms with Gasteiger partial charge in [0.1, 0.15) is 0 Å². The van der Waals surface area contributed by atoms with Gasteiger partial charge < -0.3 is 15.9 Å². The minimum atomic E-state index is -3.04. The van der Waals surface area contributed by atoms with Crippen molar-refractivity contribution < 1.29 is 22.3 Å². The molecule has 1 saturated heterocycles. The zero-order valence-corrected chi connectivity index (χ0v) is 18.4. The van der Waals surface area contributed by atoms with Crippen LogP contribution in [0.1, 0.15) is 45.1 Å². The summed E-state index contributed by atoms with van der Waals surface area (Å²) in [6.45, 7) is 2.08. The number of fused-ring (bicyclic) bond motifs is 1. The molecule has 4 atom stereocenters. The Labute approximate surface area is 185 Å². The van der Waals surface area contributed by atoms with Crippen LogP contribution in [0.15, 0.2) is 17.3 Å². The van der Waals surface area contributed by atoms with Gasteiger partial charge in [0, 0.05) is 48.1 Å². The van der Waals surface area contributed by atoms with Crippen LogP contribution < -0.4 is 10.5 Å². The molecule has 178 valence electrons. The number of aromatic nitrogens is 1. The van der Waals surface area contributed by atoms with Crippen LogP contribution in [0.5, 0.6) is 5.75 Å². The second kappa shape index (κ2) is 10.6. The highest BCUT2D eigenvalue weighted by Crippen LogP contribution is 2.52. The fourth-order valence-corrected chi connectivity index (χ4v) is 4.60. The molecule has 0 bridgehead atoms. The number of hydrogen-bond acceptors (Lipinski definition) is 6. The van der Waals surface area contributed by atoms with Gasteiger partial charge >= 0.3 is 6.61 Å². The van der Waals surface area contributed by atoms with Gasteiger partial charge in [-0.15, -0.1) is 0 Å². The summed E-state index contributed by atoms with van der Waals surface area (Å²) in [6, 6.07) is 1.37. The second-order valence-corrected chi connectivity index (χ2v) is 8.67. The van der Waals surface area contributed by atoms with Crippen LogP contribution in [0.4, 0.5) is 23.4 Å². The lowest BCUT2D eigenvalue weighted by atomic mass is 10.00. The van der Waals surface area contributed by atoms with Crippen molar-refractivity contribution in [3.8, 4) is 5.75 Å². The van der Waals surface area contributed by atoms with E-state index in [2.05, 4.69) is 9.72 Å². The van der Waals surface area contributed by atoms with Crippen molar-refractivity contribution in [2.75, 3.05) is 25.4 Å². The number of nitrogens with zero attached hydrogens (tertiary/aromatic N) is 3. The van der Waals surface area contributed by atoms with Gasteiger partial charge in [-0.25, -0.2) is 13.8 Å². The highest BCUT2D eigenvalue weighted by atomic mass is 19.3. The number of anilines is 1. The van der Waals surface area contributed by atoms with Crippen LogP contribution in [0.3, 0.4) is 0 Å². The van der Waals surface area contributed by atoms with E-state index in [0.29, 0.717) is 24.6 Å². The molecule has 0 aromatic carbocycles. The monoisotopic (exact) mass is 457 g/mol. The molecular weight excluding hydrogens is 426 g/mol. The SMILES string of the molecule is CCC(C)N=C(CC(=N)c1cnc(N)c(OC(F)F)c1)C1C2CCCN(CC(F)F)CC21. The Morgan fingerprint density at radius 3 is 2.75 bits per heavy atom. The van der Waals surface area contributed by atoms with Crippen molar-refractivity contribution in [2.45, 2.75) is 58.6 Å². The van der Waals surface area contributed by atoms with Gasteiger partial charge in [0.2, 0.25) is 0 Å². The second-order valence-electron chi connectivity index (χ2n) is 8.67. The summed E-state index contributed by atoms with van der Waals surface area (Å²) in [5, 5.41) is 8.55. The van der Waals surface area contributed by atoms with E-state index >= 15 is 0 Å². The molecule has 6 nitrogen and oxygen atoms in total. The van der Waals surface area contributed by atoms with Crippen LogP contribution in [-0.4, -0.2) is 60.0 Å². The number of nitrogen functional groups attached to an aromatic ring is 1. The summed E-state index contributed by atoms with van der Waals surface area (Å²) in [5.41, 5.74) is 7.01. The van der Waals surface area contributed by atoms with Gasteiger partial charge in [0.25, 0.3) is 6.43 Å². The Kier molecular flexibility index (Phi) is 8.08. The van der Waals surface area contributed by atoms with E-state index in [4.69, 9.17) is 16.1 Å². The number of likely N-dealkylation sites (tertiary alicyclic amines) is 1. The summed E-state index contributed by atoms with van der Waals surface area (Å²) in [5.74, 6) is 0.369. The minimum absolute atomic E-state index is 0.0714.